The minimum absolute atomic E-state index is 0.0823. The Bertz CT molecular complexity index is 1060. The van der Waals surface area contributed by atoms with E-state index in [9.17, 15) is 19.7 Å². The Morgan fingerprint density at radius 3 is 2.57 bits per heavy atom. The van der Waals surface area contributed by atoms with Crippen LogP contribution in [0, 0.1) is 10.1 Å². The Morgan fingerprint density at radius 2 is 1.89 bits per heavy atom. The van der Waals surface area contributed by atoms with Crippen LogP contribution < -0.4 is 10.6 Å². The smallest absolute Gasteiger partial charge is 0.269 e. The van der Waals surface area contributed by atoms with Crippen molar-refractivity contribution in [3.63, 3.8) is 0 Å². The van der Waals surface area contributed by atoms with Gasteiger partial charge in [-0.2, -0.15) is 4.98 Å². The molecule has 0 aliphatic carbocycles. The largest absolute Gasteiger partial charge is 0.324 e. The molecule has 1 aliphatic heterocycles. The molecule has 10 heteroatoms. The van der Waals surface area contributed by atoms with Crippen molar-refractivity contribution in [2.75, 3.05) is 10.6 Å². The Morgan fingerprint density at radius 1 is 1.18 bits per heavy atom. The van der Waals surface area contributed by atoms with Crippen LogP contribution in [0.25, 0.3) is 11.4 Å². The zero-order valence-corrected chi connectivity index (χ0v) is 14.4. The second-order valence-corrected chi connectivity index (χ2v) is 6.13. The lowest BCUT2D eigenvalue weighted by molar-refractivity contribution is -0.384. The first-order valence-corrected chi connectivity index (χ1v) is 8.38. The first kappa shape index (κ1) is 17.3. The van der Waals surface area contributed by atoms with Gasteiger partial charge in [-0.15, -0.1) is 5.10 Å². The molecule has 0 saturated heterocycles. The Hall–Kier alpha value is -4.08. The number of amides is 2. The number of benzene rings is 2. The molecule has 3 aromatic rings. The number of carbonyl (C=O) groups excluding carboxylic acids is 2. The van der Waals surface area contributed by atoms with Crippen LogP contribution in [0.1, 0.15) is 12.5 Å². The number of hydrogen-bond donors (Lipinski definition) is 2. The number of rotatable bonds is 4. The van der Waals surface area contributed by atoms with Gasteiger partial charge in [0.05, 0.1) is 11.3 Å². The second kappa shape index (κ2) is 6.91. The SMILES string of the molecule is O=C1C[C@@H](C(=O)Nc2ccc([N+](=O)[O-])cc2)n2nc(-c3ccccc3)nc2N1. The normalized spacial score (nSPS) is 15.4. The highest BCUT2D eigenvalue weighted by molar-refractivity contribution is 6.00. The minimum atomic E-state index is -0.885. The summed E-state index contributed by atoms with van der Waals surface area (Å²) in [7, 11) is 0. The third-order valence-corrected chi connectivity index (χ3v) is 4.24. The van der Waals surface area contributed by atoms with Gasteiger partial charge in [0.15, 0.2) is 5.82 Å². The predicted molar refractivity (Wildman–Crippen MR) is 99.5 cm³/mol. The summed E-state index contributed by atoms with van der Waals surface area (Å²) in [6.45, 7) is 0. The lowest BCUT2D eigenvalue weighted by Gasteiger charge is -2.22. The number of nitro groups is 1. The quantitative estimate of drug-likeness (QED) is 0.529. The van der Waals surface area contributed by atoms with E-state index in [0.29, 0.717) is 11.5 Å². The summed E-state index contributed by atoms with van der Waals surface area (Å²) in [5.74, 6) is -0.220. The lowest BCUT2D eigenvalue weighted by atomic mass is 10.1. The molecule has 0 unspecified atom stereocenters. The summed E-state index contributed by atoms with van der Waals surface area (Å²) < 4.78 is 1.38. The van der Waals surface area contributed by atoms with Crippen LogP contribution in [0.2, 0.25) is 0 Å². The molecule has 1 atom stereocenters. The van der Waals surface area contributed by atoms with Crippen molar-refractivity contribution in [2.45, 2.75) is 12.5 Å². The van der Waals surface area contributed by atoms with Gasteiger partial charge in [0.25, 0.3) is 5.69 Å². The van der Waals surface area contributed by atoms with Crippen molar-refractivity contribution in [1.29, 1.82) is 0 Å². The summed E-state index contributed by atoms with van der Waals surface area (Å²) in [5.41, 5.74) is 1.06. The van der Waals surface area contributed by atoms with E-state index < -0.39 is 16.9 Å². The molecular weight excluding hydrogens is 364 g/mol. The summed E-state index contributed by atoms with van der Waals surface area (Å²) in [5, 5.41) is 20.4. The third-order valence-electron chi connectivity index (χ3n) is 4.24. The number of anilines is 2. The van der Waals surface area contributed by atoms with E-state index in [1.807, 2.05) is 30.3 Å². The highest BCUT2D eigenvalue weighted by Crippen LogP contribution is 2.27. The maximum absolute atomic E-state index is 12.7. The van der Waals surface area contributed by atoms with Gasteiger partial charge in [0.1, 0.15) is 6.04 Å². The van der Waals surface area contributed by atoms with Crippen molar-refractivity contribution < 1.29 is 14.5 Å². The summed E-state index contributed by atoms with van der Waals surface area (Å²) >= 11 is 0. The molecule has 2 amide bonds. The van der Waals surface area contributed by atoms with Crippen molar-refractivity contribution in [2.24, 2.45) is 0 Å². The van der Waals surface area contributed by atoms with Crippen LogP contribution >= 0.6 is 0 Å². The fourth-order valence-electron chi connectivity index (χ4n) is 2.87. The highest BCUT2D eigenvalue weighted by Gasteiger charge is 2.33. The van der Waals surface area contributed by atoms with E-state index in [1.165, 1.54) is 28.9 Å². The molecule has 140 valence electrons. The van der Waals surface area contributed by atoms with Crippen LogP contribution in [-0.4, -0.2) is 31.5 Å². The number of nitrogens with zero attached hydrogens (tertiary/aromatic N) is 4. The molecule has 0 fully saturated rings. The zero-order chi connectivity index (χ0) is 19.7. The van der Waals surface area contributed by atoms with Crippen LogP contribution in [-0.2, 0) is 9.59 Å². The lowest BCUT2D eigenvalue weighted by Crippen LogP contribution is -2.36. The Kier molecular flexibility index (Phi) is 4.28. The summed E-state index contributed by atoms with van der Waals surface area (Å²) in [6, 6.07) is 13.7. The van der Waals surface area contributed by atoms with Gasteiger partial charge in [-0.1, -0.05) is 30.3 Å². The topological polar surface area (TPSA) is 132 Å². The van der Waals surface area contributed by atoms with Crippen LogP contribution in [0.4, 0.5) is 17.3 Å². The molecule has 2 heterocycles. The fraction of sp³-hybridized carbons (Fsp3) is 0.111. The van der Waals surface area contributed by atoms with Gasteiger partial charge in [-0.05, 0) is 12.1 Å². The average Bonchev–Trinajstić information content (AvgIpc) is 3.12. The summed E-state index contributed by atoms with van der Waals surface area (Å²) in [6.07, 6.45) is -0.0938. The first-order chi connectivity index (χ1) is 13.5. The van der Waals surface area contributed by atoms with E-state index >= 15 is 0 Å². The molecule has 0 spiro atoms. The van der Waals surface area contributed by atoms with Crippen LogP contribution in [0.3, 0.4) is 0 Å². The van der Waals surface area contributed by atoms with E-state index in [1.54, 1.807) is 0 Å². The average molecular weight is 378 g/mol. The molecule has 0 bridgehead atoms. The number of carbonyl (C=O) groups is 2. The molecule has 1 aliphatic rings. The fourth-order valence-corrected chi connectivity index (χ4v) is 2.87. The zero-order valence-electron chi connectivity index (χ0n) is 14.4. The molecule has 2 aromatic carbocycles. The maximum Gasteiger partial charge on any atom is 0.269 e. The number of hydrogen-bond acceptors (Lipinski definition) is 6. The van der Waals surface area contributed by atoms with Gasteiger partial charge in [0, 0.05) is 23.4 Å². The monoisotopic (exact) mass is 378 g/mol. The van der Waals surface area contributed by atoms with Crippen molar-refractivity contribution in [3.8, 4) is 11.4 Å². The number of non-ortho nitro benzene ring substituents is 1. The number of nitro benzene ring substituents is 1. The van der Waals surface area contributed by atoms with Gasteiger partial charge in [-0.3, -0.25) is 25.0 Å². The molecule has 0 saturated carbocycles. The molecule has 2 N–H and O–H groups in total. The third kappa shape index (κ3) is 3.30. The van der Waals surface area contributed by atoms with Crippen LogP contribution in [0.5, 0.6) is 0 Å². The summed E-state index contributed by atoms with van der Waals surface area (Å²) in [4.78, 5) is 39.3. The second-order valence-electron chi connectivity index (χ2n) is 6.13. The van der Waals surface area contributed by atoms with E-state index in [2.05, 4.69) is 20.7 Å². The van der Waals surface area contributed by atoms with Gasteiger partial charge >= 0.3 is 0 Å². The molecule has 4 rings (SSSR count). The minimum Gasteiger partial charge on any atom is -0.324 e. The van der Waals surface area contributed by atoms with Crippen molar-refractivity contribution in [3.05, 3.63) is 64.7 Å². The van der Waals surface area contributed by atoms with E-state index in [4.69, 9.17) is 0 Å². The Labute approximate surface area is 158 Å². The van der Waals surface area contributed by atoms with Crippen LogP contribution in [0.15, 0.2) is 54.6 Å². The van der Waals surface area contributed by atoms with Crippen molar-refractivity contribution >= 4 is 29.1 Å². The Balaban J connectivity index is 1.60. The van der Waals surface area contributed by atoms with E-state index in [0.717, 1.165) is 5.56 Å². The number of nitrogens with one attached hydrogen (secondary N) is 2. The number of aromatic nitrogens is 3. The molecular formula is C18H14N6O4. The molecule has 10 nitrogen and oxygen atoms in total. The highest BCUT2D eigenvalue weighted by atomic mass is 16.6. The molecule has 28 heavy (non-hydrogen) atoms. The predicted octanol–water partition coefficient (Wildman–Crippen LogP) is 2.38. The van der Waals surface area contributed by atoms with E-state index in [-0.39, 0.29) is 24.0 Å². The molecule has 0 radical (unpaired) electrons. The number of fused-ring (bicyclic) bond motifs is 1. The van der Waals surface area contributed by atoms with Gasteiger partial charge in [-0.25, -0.2) is 4.68 Å². The van der Waals surface area contributed by atoms with Gasteiger partial charge < -0.3 is 5.32 Å². The van der Waals surface area contributed by atoms with Gasteiger partial charge in [0.2, 0.25) is 17.8 Å². The standard InChI is InChI=1S/C18H14N6O4/c25-15-10-14(17(26)19-12-6-8-13(9-7-12)24(27)28)23-18(20-15)21-16(22-23)11-4-2-1-3-5-11/h1-9,14H,10H2,(H,19,26)(H,20,21,22,25)/t14-/m0/s1. The molecule has 1 aromatic heterocycles. The maximum atomic E-state index is 12.7. The first-order valence-electron chi connectivity index (χ1n) is 8.38. The van der Waals surface area contributed by atoms with Crippen molar-refractivity contribution in [1.82, 2.24) is 14.8 Å².